The van der Waals surface area contributed by atoms with E-state index in [9.17, 15) is 33.6 Å². The van der Waals surface area contributed by atoms with Gasteiger partial charge >= 0.3 is 17.9 Å². The van der Waals surface area contributed by atoms with E-state index in [1.165, 1.54) is 14.0 Å². The highest BCUT2D eigenvalue weighted by Crippen LogP contribution is 2.32. The third kappa shape index (κ3) is 10.1. The third-order valence-corrected chi connectivity index (χ3v) is 12.5. The first-order chi connectivity index (χ1) is 29.8. The van der Waals surface area contributed by atoms with E-state index in [0.717, 1.165) is 11.1 Å². The fourth-order valence-corrected chi connectivity index (χ4v) is 9.20. The molecule has 0 saturated carbocycles. The number of rotatable bonds is 8. The van der Waals surface area contributed by atoms with E-state index >= 15 is 0 Å². The minimum Gasteiger partial charge on any atom is -0.444 e. The zero-order valence-corrected chi connectivity index (χ0v) is 37.4. The smallest absolute Gasteiger partial charge is 0.410 e. The number of aryl methyl sites for hydroxylation is 1. The van der Waals surface area contributed by atoms with Crippen molar-refractivity contribution in [3.63, 3.8) is 0 Å². The summed E-state index contributed by atoms with van der Waals surface area (Å²) in [4.78, 5) is 98.7. The van der Waals surface area contributed by atoms with Gasteiger partial charge in [-0.25, -0.2) is 14.4 Å². The molecule has 0 aliphatic carbocycles. The fourth-order valence-electron chi connectivity index (χ4n) is 9.20. The number of hydrogen-bond donors (Lipinski definition) is 2. The topological polar surface area (TPSA) is 191 Å². The van der Waals surface area contributed by atoms with Crippen molar-refractivity contribution in [2.24, 2.45) is 18.4 Å². The predicted octanol–water partition coefficient (Wildman–Crippen LogP) is 4.22. The summed E-state index contributed by atoms with van der Waals surface area (Å²) in [5, 5.41) is 5.11. The molecule has 0 radical (unpaired) electrons. The number of aromatic nitrogens is 2. The van der Waals surface area contributed by atoms with Crippen molar-refractivity contribution in [1.29, 1.82) is 0 Å². The van der Waals surface area contributed by atoms with Crippen molar-refractivity contribution in [1.82, 2.24) is 34.5 Å². The summed E-state index contributed by atoms with van der Waals surface area (Å²) in [5.41, 5.74) is 1.37. The van der Waals surface area contributed by atoms with Crippen LogP contribution < -0.4 is 16.3 Å². The van der Waals surface area contributed by atoms with Crippen LogP contribution in [0.3, 0.4) is 0 Å². The average Bonchev–Trinajstić information content (AvgIpc) is 3.76. The van der Waals surface area contributed by atoms with Gasteiger partial charge in [-0.3, -0.25) is 33.6 Å². The summed E-state index contributed by atoms with van der Waals surface area (Å²) in [6.07, 6.45) is 0.140. The van der Waals surface area contributed by atoms with E-state index in [1.807, 2.05) is 69.3 Å². The number of benzene rings is 2. The number of nitrogens with one attached hydrogen (secondary N) is 2. The van der Waals surface area contributed by atoms with E-state index in [4.69, 9.17) is 14.2 Å². The molecular formula is C46H61N7O10. The second kappa shape index (κ2) is 18.2. The Morgan fingerprint density at radius 2 is 1.59 bits per heavy atom. The summed E-state index contributed by atoms with van der Waals surface area (Å²) in [6, 6.07) is 12.5. The van der Waals surface area contributed by atoms with Crippen LogP contribution in [0.5, 0.6) is 0 Å². The number of likely N-dealkylation sites (tertiary alicyclic amines) is 2. The van der Waals surface area contributed by atoms with Crippen molar-refractivity contribution in [2.45, 2.75) is 116 Å². The lowest BCUT2D eigenvalue weighted by Crippen LogP contribution is -2.61. The van der Waals surface area contributed by atoms with Gasteiger partial charge in [0.1, 0.15) is 35.9 Å². The van der Waals surface area contributed by atoms with Gasteiger partial charge in [-0.2, -0.15) is 0 Å². The number of alkyl carbamates (subject to hydrolysis) is 1. The average molecular weight is 872 g/mol. The lowest BCUT2D eigenvalue weighted by atomic mass is 9.85. The van der Waals surface area contributed by atoms with E-state index < -0.39 is 59.2 Å². The number of carbonyl (C=O) groups excluding carboxylic acids is 6. The molecule has 17 nitrogen and oxygen atoms in total. The number of morpholine rings is 1. The van der Waals surface area contributed by atoms with Crippen LogP contribution in [0.15, 0.2) is 53.3 Å². The van der Waals surface area contributed by atoms with Gasteiger partial charge in [-0.05, 0) is 81.0 Å². The first-order valence-corrected chi connectivity index (χ1v) is 22.0. The minimum absolute atomic E-state index is 0.136. The van der Waals surface area contributed by atoms with E-state index in [1.54, 1.807) is 37.6 Å². The zero-order valence-electron chi connectivity index (χ0n) is 37.4. The largest absolute Gasteiger partial charge is 0.444 e. The number of fused-ring (bicyclic) bond motifs is 1. The van der Waals surface area contributed by atoms with Gasteiger partial charge < -0.3 is 34.2 Å². The van der Waals surface area contributed by atoms with Crippen molar-refractivity contribution in [3.8, 4) is 0 Å². The number of piperidine rings is 2. The van der Waals surface area contributed by atoms with Gasteiger partial charge in [0.05, 0.1) is 24.2 Å². The van der Waals surface area contributed by atoms with Gasteiger partial charge in [0.25, 0.3) is 0 Å². The summed E-state index contributed by atoms with van der Waals surface area (Å²) in [7, 11) is 1.67. The molecule has 7 rings (SSSR count). The lowest BCUT2D eigenvalue weighted by molar-refractivity contribution is -0.153. The maximum absolute atomic E-state index is 14.7. The Bertz CT molecular complexity index is 2280. The Labute approximate surface area is 367 Å². The van der Waals surface area contributed by atoms with Crippen LogP contribution in [0.1, 0.15) is 96.9 Å². The second-order valence-corrected chi connectivity index (χ2v) is 19.3. The van der Waals surface area contributed by atoms with Crippen LogP contribution in [-0.4, -0.2) is 123 Å². The van der Waals surface area contributed by atoms with Crippen LogP contribution >= 0.6 is 0 Å². The zero-order chi connectivity index (χ0) is 45.4. The van der Waals surface area contributed by atoms with Crippen molar-refractivity contribution < 1.29 is 43.0 Å². The molecule has 2 aromatic carbocycles. The van der Waals surface area contributed by atoms with Gasteiger partial charge in [0, 0.05) is 46.1 Å². The molecule has 63 heavy (non-hydrogen) atoms. The molecule has 4 saturated heterocycles. The molecular weight excluding hydrogens is 811 g/mol. The Morgan fingerprint density at radius 3 is 2.25 bits per heavy atom. The molecule has 0 spiro atoms. The molecule has 5 heterocycles. The van der Waals surface area contributed by atoms with Crippen LogP contribution in [-0.2, 0) is 46.9 Å². The lowest BCUT2D eigenvalue weighted by Gasteiger charge is -2.40. The SMILES string of the molecule is Cn1c(=O)n(C2CCC(=O)NC2=O)c2ccc(CC3CCN(C(=O)O[C@@H]4CCN(C(=O)[C@@H](NC(=O)OC(C)(C)C)C(C)(C)C)[C@@H]4C(=O)N4CCO[C@H](c5ccccc5)C4)CC3)cc21. The van der Waals surface area contributed by atoms with Crippen LogP contribution in [0, 0.1) is 11.3 Å². The Kier molecular flexibility index (Phi) is 13.1. The summed E-state index contributed by atoms with van der Waals surface area (Å²) >= 11 is 0. The fraction of sp³-hybridized carbons (Fsp3) is 0.587. The van der Waals surface area contributed by atoms with Gasteiger partial charge in [-0.15, -0.1) is 0 Å². The number of imide groups is 1. The highest BCUT2D eigenvalue weighted by Gasteiger charge is 2.50. The number of nitrogens with zero attached hydrogens (tertiary/aromatic N) is 5. The summed E-state index contributed by atoms with van der Waals surface area (Å²) < 4.78 is 20.8. The first kappa shape index (κ1) is 45.3. The quantitative estimate of drug-likeness (QED) is 0.310. The van der Waals surface area contributed by atoms with Gasteiger partial charge in [-0.1, -0.05) is 57.2 Å². The summed E-state index contributed by atoms with van der Waals surface area (Å²) in [6.45, 7) is 12.5. The van der Waals surface area contributed by atoms with Crippen LogP contribution in [0.25, 0.3) is 11.0 Å². The molecule has 17 heteroatoms. The molecule has 6 amide bonds. The number of hydrogen-bond acceptors (Lipinski definition) is 10. The number of carbonyl (C=O) groups is 6. The number of imidazole rings is 1. The predicted molar refractivity (Wildman–Crippen MR) is 231 cm³/mol. The van der Waals surface area contributed by atoms with Crippen molar-refractivity contribution in [3.05, 3.63) is 70.1 Å². The molecule has 4 aliphatic heterocycles. The minimum atomic E-state index is -1.13. The molecule has 4 aliphatic rings. The molecule has 4 fully saturated rings. The Morgan fingerprint density at radius 1 is 0.873 bits per heavy atom. The standard InChI is InChI=1S/C46H61N7O10/c1-45(2,3)38(48-42(58)63-46(4,5)6)41(57)52-22-19-34(37(52)40(56)51-23-24-61-35(27-51)30-11-9-8-10-12-30)62-44(60)50-20-17-28(18-21-50)25-29-13-14-31-33(26-29)49(7)43(59)53(31)32-15-16-36(54)47-39(32)55/h8-14,26,28,32,34-35,37-38H,15-25,27H2,1-7H3,(H,48,58)(H,47,54,55)/t32?,34-,35+,37+,38-/m1/s1. The third-order valence-electron chi connectivity index (χ3n) is 12.5. The number of ether oxygens (including phenoxy) is 3. The molecule has 5 atom stereocenters. The molecule has 340 valence electrons. The van der Waals surface area contributed by atoms with Crippen LogP contribution in [0.4, 0.5) is 9.59 Å². The van der Waals surface area contributed by atoms with Crippen molar-refractivity contribution >= 4 is 46.8 Å². The van der Waals surface area contributed by atoms with Crippen LogP contribution in [0.2, 0.25) is 0 Å². The normalized spacial score (nSPS) is 23.1. The first-order valence-electron chi connectivity index (χ1n) is 22.0. The molecule has 3 aromatic rings. The van der Waals surface area contributed by atoms with Gasteiger partial charge in [0.15, 0.2) is 0 Å². The Hall–Kier alpha value is -5.71. The molecule has 0 bridgehead atoms. The van der Waals surface area contributed by atoms with Crippen molar-refractivity contribution in [2.75, 3.05) is 39.3 Å². The number of amides is 6. The molecule has 1 aromatic heterocycles. The maximum Gasteiger partial charge on any atom is 0.410 e. The highest BCUT2D eigenvalue weighted by atomic mass is 16.6. The van der Waals surface area contributed by atoms with E-state index in [0.29, 0.717) is 49.9 Å². The molecule has 2 N–H and O–H groups in total. The highest BCUT2D eigenvalue weighted by molar-refractivity contribution is 6.00. The Balaban J connectivity index is 1.04. The van der Waals surface area contributed by atoms with Gasteiger partial charge in [0.2, 0.25) is 23.6 Å². The molecule has 1 unspecified atom stereocenters. The van der Waals surface area contributed by atoms with E-state index in [-0.39, 0.29) is 68.5 Å². The second-order valence-electron chi connectivity index (χ2n) is 19.3. The monoisotopic (exact) mass is 871 g/mol. The maximum atomic E-state index is 14.7. The van der Waals surface area contributed by atoms with E-state index in [2.05, 4.69) is 10.6 Å². The summed E-state index contributed by atoms with van der Waals surface area (Å²) in [5.74, 6) is -1.41.